The van der Waals surface area contributed by atoms with E-state index in [-0.39, 0.29) is 11.6 Å². The molecule has 0 saturated heterocycles. The van der Waals surface area contributed by atoms with Crippen LogP contribution in [0.3, 0.4) is 0 Å². The molecule has 0 aliphatic heterocycles. The summed E-state index contributed by atoms with van der Waals surface area (Å²) in [4.78, 5) is 14.6. The highest BCUT2D eigenvalue weighted by atomic mass is 32.2. The predicted molar refractivity (Wildman–Crippen MR) is 103 cm³/mol. The average Bonchev–Trinajstić information content (AvgIpc) is 2.66. The first-order valence-corrected chi connectivity index (χ1v) is 11.5. The van der Waals surface area contributed by atoms with Crippen LogP contribution in [0.4, 0.5) is 8.78 Å². The topological polar surface area (TPSA) is 160 Å². The summed E-state index contributed by atoms with van der Waals surface area (Å²) in [6, 6.07) is 0. The van der Waals surface area contributed by atoms with Gasteiger partial charge in [-0.15, -0.1) is 0 Å². The summed E-state index contributed by atoms with van der Waals surface area (Å²) in [6.45, 7) is 5.77. The molecule has 0 spiro atoms. The standard InChI is InChI=1S/2C8H11FN2O3S/c2*1-5(6(2)15(12,13)14)8-10-3-7(9)4-11-8/h2*3-6H,1-2H3,(H,12,13,14)/t5-,6+;5-,6-/m01/s1. The maximum Gasteiger partial charge on any atom is 0.268 e. The van der Waals surface area contributed by atoms with Crippen molar-refractivity contribution in [2.24, 2.45) is 0 Å². The Morgan fingerprint density at radius 2 is 0.900 bits per heavy atom. The Morgan fingerprint density at radius 3 is 1.10 bits per heavy atom. The fourth-order valence-electron chi connectivity index (χ4n) is 2.05. The molecular weight excluding hydrogens is 446 g/mol. The number of halogens is 2. The molecule has 168 valence electrons. The summed E-state index contributed by atoms with van der Waals surface area (Å²) >= 11 is 0. The minimum absolute atomic E-state index is 0.182. The van der Waals surface area contributed by atoms with Gasteiger partial charge in [-0.25, -0.2) is 28.7 Å². The van der Waals surface area contributed by atoms with Crippen molar-refractivity contribution in [1.29, 1.82) is 0 Å². The largest absolute Gasteiger partial charge is 0.285 e. The number of aromatic nitrogens is 4. The van der Waals surface area contributed by atoms with E-state index in [2.05, 4.69) is 19.9 Å². The van der Waals surface area contributed by atoms with Gasteiger partial charge < -0.3 is 0 Å². The second-order valence-electron chi connectivity index (χ2n) is 6.54. The Hall–Kier alpha value is -2.16. The van der Waals surface area contributed by atoms with Gasteiger partial charge in [0.1, 0.15) is 11.6 Å². The second kappa shape index (κ2) is 10.2. The lowest BCUT2D eigenvalue weighted by molar-refractivity contribution is 0.456. The Kier molecular flexibility index (Phi) is 8.83. The molecule has 0 amide bonds. The third kappa shape index (κ3) is 7.59. The first-order valence-electron chi connectivity index (χ1n) is 8.52. The summed E-state index contributed by atoms with van der Waals surface area (Å²) in [5.41, 5.74) is 0. The Labute approximate surface area is 173 Å². The van der Waals surface area contributed by atoms with E-state index >= 15 is 0 Å². The molecule has 4 atom stereocenters. The minimum Gasteiger partial charge on any atom is -0.285 e. The van der Waals surface area contributed by atoms with E-state index in [4.69, 9.17) is 9.11 Å². The monoisotopic (exact) mass is 468 g/mol. The van der Waals surface area contributed by atoms with Gasteiger partial charge in [-0.1, -0.05) is 13.8 Å². The molecule has 30 heavy (non-hydrogen) atoms. The average molecular weight is 469 g/mol. The van der Waals surface area contributed by atoms with Gasteiger partial charge in [-0.3, -0.25) is 9.11 Å². The fourth-order valence-corrected chi connectivity index (χ4v) is 3.33. The molecular formula is C16H22F2N4O6S2. The van der Waals surface area contributed by atoms with Gasteiger partial charge in [0.25, 0.3) is 20.2 Å². The quantitative estimate of drug-likeness (QED) is 0.600. The van der Waals surface area contributed by atoms with Gasteiger partial charge in [0.05, 0.1) is 35.3 Å². The lowest BCUT2D eigenvalue weighted by Gasteiger charge is -2.15. The Bertz CT molecular complexity index is 949. The van der Waals surface area contributed by atoms with E-state index in [0.29, 0.717) is 0 Å². The molecule has 2 rings (SSSR count). The van der Waals surface area contributed by atoms with E-state index in [1.54, 1.807) is 13.8 Å². The maximum absolute atomic E-state index is 12.5. The summed E-state index contributed by atoms with van der Waals surface area (Å²) < 4.78 is 86.0. The zero-order valence-corrected chi connectivity index (χ0v) is 18.1. The highest BCUT2D eigenvalue weighted by Gasteiger charge is 2.28. The summed E-state index contributed by atoms with van der Waals surface area (Å²) in [5.74, 6) is -2.01. The highest BCUT2D eigenvalue weighted by Crippen LogP contribution is 2.20. The molecule has 2 aromatic heterocycles. The van der Waals surface area contributed by atoms with Crippen molar-refractivity contribution in [2.75, 3.05) is 0 Å². The lowest BCUT2D eigenvalue weighted by Crippen LogP contribution is -2.24. The van der Waals surface area contributed by atoms with Crippen LogP contribution in [0.5, 0.6) is 0 Å². The lowest BCUT2D eigenvalue weighted by atomic mass is 10.1. The molecule has 0 aliphatic rings. The summed E-state index contributed by atoms with van der Waals surface area (Å²) in [7, 11) is -8.27. The SMILES string of the molecule is C[C@H]([C@@H](C)c1ncc(F)cn1)S(=O)(=O)O.C[C@H](c1ncc(F)cn1)[C@@H](C)S(=O)(=O)O. The molecule has 2 N–H and O–H groups in total. The molecule has 0 aliphatic carbocycles. The zero-order chi connectivity index (χ0) is 23.3. The molecule has 0 bridgehead atoms. The van der Waals surface area contributed by atoms with E-state index in [9.17, 15) is 25.6 Å². The number of rotatable bonds is 6. The smallest absolute Gasteiger partial charge is 0.268 e. The van der Waals surface area contributed by atoms with Crippen LogP contribution >= 0.6 is 0 Å². The summed E-state index contributed by atoms with van der Waals surface area (Å²) in [6.07, 6.45) is 3.82. The third-order valence-electron chi connectivity index (χ3n) is 4.44. The van der Waals surface area contributed by atoms with Gasteiger partial charge in [-0.05, 0) is 13.8 Å². The van der Waals surface area contributed by atoms with Crippen molar-refractivity contribution in [2.45, 2.75) is 50.0 Å². The van der Waals surface area contributed by atoms with Gasteiger partial charge in [-0.2, -0.15) is 16.8 Å². The number of nitrogens with zero attached hydrogens (tertiary/aromatic N) is 4. The second-order valence-corrected chi connectivity index (χ2v) is 10.1. The molecule has 14 heteroatoms. The van der Waals surface area contributed by atoms with E-state index in [1.807, 2.05) is 0 Å². The van der Waals surface area contributed by atoms with Crippen LogP contribution in [-0.2, 0) is 20.2 Å². The van der Waals surface area contributed by atoms with Crippen LogP contribution in [0.1, 0.15) is 51.2 Å². The van der Waals surface area contributed by atoms with Gasteiger partial charge in [0, 0.05) is 11.8 Å². The summed E-state index contributed by atoms with van der Waals surface area (Å²) in [5, 5.41) is -2.05. The maximum atomic E-state index is 12.5. The van der Waals surface area contributed by atoms with Crippen LogP contribution in [0.25, 0.3) is 0 Å². The van der Waals surface area contributed by atoms with Crippen molar-refractivity contribution >= 4 is 20.2 Å². The van der Waals surface area contributed by atoms with Gasteiger partial charge in [0.15, 0.2) is 11.6 Å². The Morgan fingerprint density at radius 1 is 0.667 bits per heavy atom. The van der Waals surface area contributed by atoms with Crippen molar-refractivity contribution in [3.8, 4) is 0 Å². The van der Waals surface area contributed by atoms with E-state index in [0.717, 1.165) is 24.8 Å². The number of hydrogen-bond donors (Lipinski definition) is 2. The molecule has 0 unspecified atom stereocenters. The van der Waals surface area contributed by atoms with Crippen molar-refractivity contribution in [3.63, 3.8) is 0 Å². The molecule has 2 aromatic rings. The minimum atomic E-state index is -4.13. The third-order valence-corrected chi connectivity index (χ3v) is 7.14. The molecule has 0 aromatic carbocycles. The highest BCUT2D eigenvalue weighted by molar-refractivity contribution is 7.86. The fraction of sp³-hybridized carbons (Fsp3) is 0.500. The molecule has 0 fully saturated rings. The van der Waals surface area contributed by atoms with Gasteiger partial charge in [0.2, 0.25) is 0 Å². The van der Waals surface area contributed by atoms with Crippen LogP contribution in [0, 0.1) is 11.6 Å². The normalized spacial score (nSPS) is 16.0. The van der Waals surface area contributed by atoms with E-state index < -0.39 is 54.2 Å². The first kappa shape index (κ1) is 25.9. The number of hydrogen-bond acceptors (Lipinski definition) is 8. The van der Waals surface area contributed by atoms with Crippen LogP contribution in [0.15, 0.2) is 24.8 Å². The predicted octanol–water partition coefficient (Wildman–Crippen LogP) is 1.99. The molecule has 2 heterocycles. The molecule has 0 radical (unpaired) electrons. The zero-order valence-electron chi connectivity index (χ0n) is 16.5. The van der Waals surface area contributed by atoms with Crippen molar-refractivity contribution < 1.29 is 34.7 Å². The molecule has 0 saturated carbocycles. The Balaban J connectivity index is 0.000000300. The van der Waals surface area contributed by atoms with Crippen LogP contribution in [-0.4, -0.2) is 56.4 Å². The molecule has 10 nitrogen and oxygen atoms in total. The van der Waals surface area contributed by atoms with Crippen molar-refractivity contribution in [1.82, 2.24) is 19.9 Å². The first-order chi connectivity index (χ1) is 13.6. The van der Waals surface area contributed by atoms with E-state index in [1.165, 1.54) is 13.8 Å². The van der Waals surface area contributed by atoms with Crippen LogP contribution < -0.4 is 0 Å². The van der Waals surface area contributed by atoms with Crippen molar-refractivity contribution in [3.05, 3.63) is 48.1 Å². The van der Waals surface area contributed by atoms with Gasteiger partial charge >= 0.3 is 0 Å². The van der Waals surface area contributed by atoms with Crippen LogP contribution in [0.2, 0.25) is 0 Å².